The largest absolute Gasteiger partial charge is 0.396 e. The molecule has 0 fully saturated rings. The number of unbranched alkanes of at least 4 members (excludes halogenated alkanes) is 1. The third-order valence-electron chi connectivity index (χ3n) is 2.79. The summed E-state index contributed by atoms with van der Waals surface area (Å²) in [5.74, 6) is 0.946. The minimum atomic E-state index is 0.256. The Morgan fingerprint density at radius 2 is 2.06 bits per heavy atom. The lowest BCUT2D eigenvalue weighted by Crippen LogP contribution is -2.05. The molecule has 90 valence electrons. The van der Waals surface area contributed by atoms with Gasteiger partial charge >= 0.3 is 0 Å². The van der Waals surface area contributed by atoms with Crippen LogP contribution in [0.5, 0.6) is 0 Å². The van der Waals surface area contributed by atoms with Gasteiger partial charge in [-0.05, 0) is 37.5 Å². The first kappa shape index (κ1) is 11.9. The highest BCUT2D eigenvalue weighted by Crippen LogP contribution is 2.19. The van der Waals surface area contributed by atoms with E-state index in [1.807, 2.05) is 18.2 Å². The first-order chi connectivity index (χ1) is 8.31. The van der Waals surface area contributed by atoms with Gasteiger partial charge in [0.1, 0.15) is 5.82 Å². The number of para-hydroxylation sites is 1. The van der Waals surface area contributed by atoms with E-state index in [0.29, 0.717) is 0 Å². The van der Waals surface area contributed by atoms with Gasteiger partial charge in [-0.2, -0.15) is 0 Å². The molecule has 3 nitrogen and oxygen atoms in total. The molecule has 0 saturated carbocycles. The average Bonchev–Trinajstić information content (AvgIpc) is 2.35. The quantitative estimate of drug-likeness (QED) is 0.776. The summed E-state index contributed by atoms with van der Waals surface area (Å²) in [5, 5.41) is 13.2. The van der Waals surface area contributed by atoms with E-state index in [0.717, 1.165) is 36.3 Å². The Bertz CT molecular complexity index is 497. The number of aliphatic hydroxyl groups is 1. The summed E-state index contributed by atoms with van der Waals surface area (Å²) in [7, 11) is 0. The number of anilines is 1. The average molecular weight is 230 g/mol. The van der Waals surface area contributed by atoms with Crippen LogP contribution >= 0.6 is 0 Å². The Morgan fingerprint density at radius 3 is 2.88 bits per heavy atom. The molecule has 3 heteroatoms. The molecule has 0 saturated heterocycles. The van der Waals surface area contributed by atoms with Gasteiger partial charge in [0.2, 0.25) is 0 Å². The monoisotopic (exact) mass is 230 g/mol. The number of aliphatic hydroxyl groups excluding tert-OH is 1. The van der Waals surface area contributed by atoms with Crippen molar-refractivity contribution < 1.29 is 5.11 Å². The van der Waals surface area contributed by atoms with Crippen LogP contribution < -0.4 is 5.32 Å². The van der Waals surface area contributed by atoms with Gasteiger partial charge in [-0.25, -0.2) is 4.98 Å². The fourth-order valence-corrected chi connectivity index (χ4v) is 1.84. The fourth-order valence-electron chi connectivity index (χ4n) is 1.84. The van der Waals surface area contributed by atoms with Crippen LogP contribution in [0.25, 0.3) is 10.9 Å². The van der Waals surface area contributed by atoms with Crippen LogP contribution in [-0.2, 0) is 0 Å². The minimum Gasteiger partial charge on any atom is -0.396 e. The molecule has 0 atom stereocenters. The number of nitrogens with zero attached hydrogens (tertiary/aromatic N) is 1. The summed E-state index contributed by atoms with van der Waals surface area (Å²) in [6.07, 6.45) is 1.80. The molecule has 0 aliphatic carbocycles. The van der Waals surface area contributed by atoms with Gasteiger partial charge in [-0.1, -0.05) is 18.2 Å². The van der Waals surface area contributed by atoms with E-state index in [1.54, 1.807) is 0 Å². The Balaban J connectivity index is 2.14. The zero-order valence-electron chi connectivity index (χ0n) is 10.1. The number of fused-ring (bicyclic) bond motifs is 1. The number of hydrogen-bond donors (Lipinski definition) is 2. The highest BCUT2D eigenvalue weighted by Gasteiger charge is 2.02. The van der Waals surface area contributed by atoms with Crippen molar-refractivity contribution in [3.63, 3.8) is 0 Å². The first-order valence-electron chi connectivity index (χ1n) is 6.02. The second-order valence-electron chi connectivity index (χ2n) is 4.20. The highest BCUT2D eigenvalue weighted by atomic mass is 16.2. The molecule has 2 rings (SSSR count). The summed E-state index contributed by atoms with van der Waals surface area (Å²) in [5.41, 5.74) is 2.18. The Kier molecular flexibility index (Phi) is 3.94. The van der Waals surface area contributed by atoms with Crippen molar-refractivity contribution in [3.05, 3.63) is 35.9 Å². The minimum absolute atomic E-state index is 0.256. The van der Waals surface area contributed by atoms with Crippen LogP contribution in [0.2, 0.25) is 0 Å². The van der Waals surface area contributed by atoms with E-state index in [2.05, 4.69) is 29.4 Å². The van der Waals surface area contributed by atoms with Crippen LogP contribution in [0, 0.1) is 6.92 Å². The van der Waals surface area contributed by atoms with Crippen molar-refractivity contribution in [2.24, 2.45) is 0 Å². The Hall–Kier alpha value is -1.61. The van der Waals surface area contributed by atoms with Gasteiger partial charge in [-0.3, -0.25) is 0 Å². The summed E-state index contributed by atoms with van der Waals surface area (Å²) in [6.45, 7) is 3.17. The molecular formula is C14H18N2O. The molecule has 17 heavy (non-hydrogen) atoms. The van der Waals surface area contributed by atoms with Crippen molar-refractivity contribution >= 4 is 16.7 Å². The Morgan fingerprint density at radius 1 is 1.24 bits per heavy atom. The topological polar surface area (TPSA) is 45.2 Å². The zero-order valence-corrected chi connectivity index (χ0v) is 10.1. The SMILES string of the molecule is Cc1cc2ccccc2nc1NCCCCO. The maximum Gasteiger partial charge on any atom is 0.129 e. The summed E-state index contributed by atoms with van der Waals surface area (Å²) in [4.78, 5) is 4.60. The summed E-state index contributed by atoms with van der Waals surface area (Å²) < 4.78 is 0. The van der Waals surface area contributed by atoms with Gasteiger partial charge < -0.3 is 10.4 Å². The Labute approximate surface area is 102 Å². The third kappa shape index (κ3) is 2.94. The number of aromatic nitrogens is 1. The normalized spacial score (nSPS) is 10.7. The molecule has 0 spiro atoms. The number of benzene rings is 1. The van der Waals surface area contributed by atoms with Gasteiger partial charge in [-0.15, -0.1) is 0 Å². The van der Waals surface area contributed by atoms with E-state index >= 15 is 0 Å². The number of rotatable bonds is 5. The van der Waals surface area contributed by atoms with E-state index < -0.39 is 0 Å². The molecule has 1 aromatic heterocycles. The molecular weight excluding hydrogens is 212 g/mol. The molecule has 0 aliphatic rings. The second-order valence-corrected chi connectivity index (χ2v) is 4.20. The summed E-state index contributed by atoms with van der Waals surface area (Å²) in [6, 6.07) is 10.3. The van der Waals surface area contributed by atoms with Gasteiger partial charge in [0.15, 0.2) is 0 Å². The van der Waals surface area contributed by atoms with Crippen LogP contribution in [-0.4, -0.2) is 23.2 Å². The molecule has 1 heterocycles. The highest BCUT2D eigenvalue weighted by molar-refractivity contribution is 5.81. The molecule has 0 amide bonds. The zero-order chi connectivity index (χ0) is 12.1. The maximum absolute atomic E-state index is 8.72. The standard InChI is InChI=1S/C14H18N2O/c1-11-10-12-6-2-3-7-13(12)16-14(11)15-8-4-5-9-17/h2-3,6-7,10,17H,4-5,8-9H2,1H3,(H,15,16). The van der Waals surface area contributed by atoms with Crippen molar-refractivity contribution in [3.8, 4) is 0 Å². The van der Waals surface area contributed by atoms with E-state index in [9.17, 15) is 0 Å². The van der Waals surface area contributed by atoms with Gasteiger partial charge in [0.05, 0.1) is 5.52 Å². The third-order valence-corrected chi connectivity index (χ3v) is 2.79. The molecule has 0 bridgehead atoms. The smallest absolute Gasteiger partial charge is 0.129 e. The molecule has 0 radical (unpaired) electrons. The molecule has 2 aromatic rings. The lowest BCUT2D eigenvalue weighted by molar-refractivity contribution is 0.286. The molecule has 0 unspecified atom stereocenters. The second kappa shape index (κ2) is 5.64. The number of hydrogen-bond acceptors (Lipinski definition) is 3. The number of aryl methyl sites for hydroxylation is 1. The van der Waals surface area contributed by atoms with Crippen LogP contribution in [0.1, 0.15) is 18.4 Å². The molecule has 1 aromatic carbocycles. The predicted molar refractivity (Wildman–Crippen MR) is 71.3 cm³/mol. The van der Waals surface area contributed by atoms with Crippen LogP contribution in [0.4, 0.5) is 5.82 Å². The van der Waals surface area contributed by atoms with Gasteiger partial charge in [0, 0.05) is 18.5 Å². The van der Waals surface area contributed by atoms with Crippen molar-refractivity contribution in [2.75, 3.05) is 18.5 Å². The van der Waals surface area contributed by atoms with Crippen LogP contribution in [0.3, 0.4) is 0 Å². The molecule has 0 aliphatic heterocycles. The van der Waals surface area contributed by atoms with Crippen molar-refractivity contribution in [2.45, 2.75) is 19.8 Å². The van der Waals surface area contributed by atoms with Crippen molar-refractivity contribution in [1.82, 2.24) is 4.98 Å². The lowest BCUT2D eigenvalue weighted by atomic mass is 10.1. The lowest BCUT2D eigenvalue weighted by Gasteiger charge is -2.09. The molecule has 2 N–H and O–H groups in total. The predicted octanol–water partition coefficient (Wildman–Crippen LogP) is 2.73. The van der Waals surface area contributed by atoms with E-state index in [-0.39, 0.29) is 6.61 Å². The van der Waals surface area contributed by atoms with E-state index in [4.69, 9.17) is 5.11 Å². The number of pyridine rings is 1. The van der Waals surface area contributed by atoms with Gasteiger partial charge in [0.25, 0.3) is 0 Å². The van der Waals surface area contributed by atoms with E-state index in [1.165, 1.54) is 5.39 Å². The van der Waals surface area contributed by atoms with Crippen molar-refractivity contribution in [1.29, 1.82) is 0 Å². The first-order valence-corrected chi connectivity index (χ1v) is 6.02. The fraction of sp³-hybridized carbons (Fsp3) is 0.357. The maximum atomic E-state index is 8.72. The number of nitrogens with one attached hydrogen (secondary N) is 1. The summed E-state index contributed by atoms with van der Waals surface area (Å²) >= 11 is 0. The van der Waals surface area contributed by atoms with Crippen LogP contribution in [0.15, 0.2) is 30.3 Å².